The monoisotopic (exact) mass is 285 g/mol. The average Bonchev–Trinajstić information content (AvgIpc) is 2.38. The summed E-state index contributed by atoms with van der Waals surface area (Å²) in [7, 11) is 0. The van der Waals surface area contributed by atoms with E-state index in [-0.39, 0.29) is 11.4 Å². The first-order chi connectivity index (χ1) is 9.32. The van der Waals surface area contributed by atoms with Crippen molar-refractivity contribution in [1.29, 1.82) is 0 Å². The van der Waals surface area contributed by atoms with Gasteiger partial charge in [0.25, 0.3) is 0 Å². The number of ether oxygens (including phenoxy) is 1. The molecule has 0 aromatic carbocycles. The first kappa shape index (κ1) is 17.4. The van der Waals surface area contributed by atoms with Crippen LogP contribution in [0.1, 0.15) is 47.0 Å². The Morgan fingerprint density at radius 2 is 2.20 bits per heavy atom. The predicted octanol–water partition coefficient (Wildman–Crippen LogP) is 1.12. The standard InChI is InChI=1S/C15H31N3O2/c1-5-8-17-15(4,13(16)19)7-6-9-18-10-11-20-12-14(18,2)3/h17H,5-12H2,1-4H3,(H2,16,19). The van der Waals surface area contributed by atoms with Crippen LogP contribution in [-0.2, 0) is 9.53 Å². The van der Waals surface area contributed by atoms with E-state index in [0.717, 1.165) is 52.1 Å². The molecule has 5 heteroatoms. The van der Waals surface area contributed by atoms with E-state index in [4.69, 9.17) is 10.5 Å². The summed E-state index contributed by atoms with van der Waals surface area (Å²) in [4.78, 5) is 14.1. The van der Waals surface area contributed by atoms with Gasteiger partial charge < -0.3 is 15.8 Å². The normalized spacial score (nSPS) is 22.4. The molecule has 0 radical (unpaired) electrons. The lowest BCUT2D eigenvalue weighted by Gasteiger charge is -2.42. The van der Waals surface area contributed by atoms with E-state index < -0.39 is 5.54 Å². The van der Waals surface area contributed by atoms with Crippen molar-refractivity contribution in [2.75, 3.05) is 32.8 Å². The number of carbonyl (C=O) groups excluding carboxylic acids is 1. The molecule has 0 aromatic heterocycles. The molecule has 1 atom stereocenters. The smallest absolute Gasteiger partial charge is 0.237 e. The van der Waals surface area contributed by atoms with Crippen LogP contribution >= 0.6 is 0 Å². The Kier molecular flexibility index (Phi) is 6.43. The van der Waals surface area contributed by atoms with Gasteiger partial charge in [-0.05, 0) is 53.1 Å². The molecule has 20 heavy (non-hydrogen) atoms. The summed E-state index contributed by atoms with van der Waals surface area (Å²) < 4.78 is 5.53. The topological polar surface area (TPSA) is 67.6 Å². The summed E-state index contributed by atoms with van der Waals surface area (Å²) in [6.45, 7) is 12.7. The Labute approximate surface area is 123 Å². The maximum Gasteiger partial charge on any atom is 0.237 e. The van der Waals surface area contributed by atoms with Crippen molar-refractivity contribution in [1.82, 2.24) is 10.2 Å². The van der Waals surface area contributed by atoms with Gasteiger partial charge in [-0.25, -0.2) is 0 Å². The lowest BCUT2D eigenvalue weighted by molar-refractivity contribution is -0.124. The number of morpholine rings is 1. The highest BCUT2D eigenvalue weighted by molar-refractivity contribution is 5.84. The number of primary amides is 1. The molecule has 1 aliphatic heterocycles. The molecule has 1 amide bonds. The molecule has 3 N–H and O–H groups in total. The van der Waals surface area contributed by atoms with Crippen molar-refractivity contribution in [2.45, 2.75) is 58.0 Å². The van der Waals surface area contributed by atoms with Gasteiger partial charge in [0.1, 0.15) is 0 Å². The Balaban J connectivity index is 2.45. The second-order valence-electron chi connectivity index (χ2n) is 6.58. The number of nitrogens with zero attached hydrogens (tertiary/aromatic N) is 1. The molecule has 0 bridgehead atoms. The first-order valence-corrected chi connectivity index (χ1v) is 7.69. The van der Waals surface area contributed by atoms with Crippen molar-refractivity contribution >= 4 is 5.91 Å². The highest BCUT2D eigenvalue weighted by Crippen LogP contribution is 2.21. The third-order valence-electron chi connectivity index (χ3n) is 4.23. The Morgan fingerprint density at radius 1 is 1.50 bits per heavy atom. The maximum absolute atomic E-state index is 11.7. The number of rotatable bonds is 8. The zero-order chi connectivity index (χ0) is 15.2. The van der Waals surface area contributed by atoms with Crippen molar-refractivity contribution < 1.29 is 9.53 Å². The van der Waals surface area contributed by atoms with E-state index >= 15 is 0 Å². The number of hydrogen-bond acceptors (Lipinski definition) is 4. The minimum absolute atomic E-state index is 0.0816. The number of amides is 1. The average molecular weight is 285 g/mol. The van der Waals surface area contributed by atoms with Crippen LogP contribution in [0, 0.1) is 0 Å². The van der Waals surface area contributed by atoms with Gasteiger partial charge in [-0.15, -0.1) is 0 Å². The number of nitrogens with two attached hydrogens (primary N) is 1. The molecule has 1 heterocycles. The maximum atomic E-state index is 11.7. The second-order valence-corrected chi connectivity index (χ2v) is 6.58. The van der Waals surface area contributed by atoms with Crippen LogP contribution in [0.3, 0.4) is 0 Å². The summed E-state index contributed by atoms with van der Waals surface area (Å²) in [6.07, 6.45) is 2.73. The fourth-order valence-corrected chi connectivity index (χ4v) is 2.63. The lowest BCUT2D eigenvalue weighted by Crippen LogP contribution is -2.55. The molecule has 5 nitrogen and oxygen atoms in total. The lowest BCUT2D eigenvalue weighted by atomic mass is 9.93. The van der Waals surface area contributed by atoms with E-state index in [0.29, 0.717) is 0 Å². The highest BCUT2D eigenvalue weighted by atomic mass is 16.5. The molecule has 1 unspecified atom stereocenters. The van der Waals surface area contributed by atoms with E-state index in [1.165, 1.54) is 0 Å². The van der Waals surface area contributed by atoms with Crippen LogP contribution in [0.15, 0.2) is 0 Å². The van der Waals surface area contributed by atoms with Crippen molar-refractivity contribution in [3.63, 3.8) is 0 Å². The zero-order valence-corrected chi connectivity index (χ0v) is 13.5. The summed E-state index contributed by atoms with van der Waals surface area (Å²) in [5.41, 5.74) is 5.04. The summed E-state index contributed by atoms with van der Waals surface area (Å²) >= 11 is 0. The largest absolute Gasteiger partial charge is 0.378 e. The molecule has 1 aliphatic rings. The molecule has 118 valence electrons. The summed E-state index contributed by atoms with van der Waals surface area (Å²) in [5.74, 6) is -0.257. The van der Waals surface area contributed by atoms with Crippen LogP contribution < -0.4 is 11.1 Å². The number of hydrogen-bond donors (Lipinski definition) is 2. The molecule has 1 saturated heterocycles. The van der Waals surface area contributed by atoms with Crippen LogP contribution in [0.25, 0.3) is 0 Å². The van der Waals surface area contributed by atoms with E-state index in [1.54, 1.807) is 0 Å². The van der Waals surface area contributed by atoms with Crippen molar-refractivity contribution in [3.8, 4) is 0 Å². The Hall–Kier alpha value is -0.650. The predicted molar refractivity (Wildman–Crippen MR) is 81.6 cm³/mol. The molecule has 0 aliphatic carbocycles. The van der Waals surface area contributed by atoms with Gasteiger partial charge in [0.05, 0.1) is 18.8 Å². The highest BCUT2D eigenvalue weighted by Gasteiger charge is 2.33. The van der Waals surface area contributed by atoms with E-state index in [1.807, 2.05) is 6.92 Å². The third kappa shape index (κ3) is 4.72. The molecular formula is C15H31N3O2. The van der Waals surface area contributed by atoms with Crippen LogP contribution in [0.4, 0.5) is 0 Å². The second kappa shape index (κ2) is 7.38. The van der Waals surface area contributed by atoms with Gasteiger partial charge in [-0.1, -0.05) is 6.92 Å². The van der Waals surface area contributed by atoms with Crippen molar-refractivity contribution in [3.05, 3.63) is 0 Å². The fraction of sp³-hybridized carbons (Fsp3) is 0.933. The van der Waals surface area contributed by atoms with Gasteiger partial charge in [-0.2, -0.15) is 0 Å². The molecule has 0 saturated carbocycles. The quantitative estimate of drug-likeness (QED) is 0.701. The Bertz CT molecular complexity index is 320. The minimum atomic E-state index is -0.591. The SMILES string of the molecule is CCCNC(C)(CCCN1CCOCC1(C)C)C(N)=O. The van der Waals surface area contributed by atoms with Gasteiger partial charge in [0.2, 0.25) is 5.91 Å². The molecular weight excluding hydrogens is 254 g/mol. The van der Waals surface area contributed by atoms with Gasteiger partial charge in [0.15, 0.2) is 0 Å². The molecule has 1 fully saturated rings. The third-order valence-corrected chi connectivity index (χ3v) is 4.23. The van der Waals surface area contributed by atoms with Gasteiger partial charge >= 0.3 is 0 Å². The van der Waals surface area contributed by atoms with Gasteiger partial charge in [0, 0.05) is 12.1 Å². The van der Waals surface area contributed by atoms with E-state index in [9.17, 15) is 4.79 Å². The summed E-state index contributed by atoms with van der Waals surface area (Å²) in [5, 5.41) is 3.29. The molecule has 0 aromatic rings. The van der Waals surface area contributed by atoms with Crippen molar-refractivity contribution in [2.24, 2.45) is 5.73 Å². The molecule has 0 spiro atoms. The van der Waals surface area contributed by atoms with E-state index in [2.05, 4.69) is 31.0 Å². The van der Waals surface area contributed by atoms with Crippen LogP contribution in [0.5, 0.6) is 0 Å². The van der Waals surface area contributed by atoms with Gasteiger partial charge in [-0.3, -0.25) is 9.69 Å². The first-order valence-electron chi connectivity index (χ1n) is 7.69. The van der Waals surface area contributed by atoms with Crippen LogP contribution in [-0.4, -0.2) is 54.7 Å². The van der Waals surface area contributed by atoms with Crippen LogP contribution in [0.2, 0.25) is 0 Å². The number of nitrogens with one attached hydrogen (secondary N) is 1. The Morgan fingerprint density at radius 3 is 2.75 bits per heavy atom. The molecule has 1 rings (SSSR count). The summed E-state index contributed by atoms with van der Waals surface area (Å²) in [6, 6.07) is 0. The number of carbonyl (C=O) groups is 1. The zero-order valence-electron chi connectivity index (χ0n) is 13.5. The fourth-order valence-electron chi connectivity index (χ4n) is 2.63. The minimum Gasteiger partial charge on any atom is -0.378 e.